The molecule has 12 unspecified atom stereocenters. The number of aliphatic hydroxyl groups excluding tert-OH is 8. The maximum atomic E-state index is 13.3. The maximum absolute atomic E-state index is 13.3. The molecule has 492 valence electrons. The molecule has 2 fully saturated rings. The van der Waals surface area contributed by atoms with Crippen molar-refractivity contribution in [1.82, 2.24) is 5.32 Å². The fraction of sp³-hybridized carbons (Fsp3) is 0.789. The number of ether oxygens (including phenoxy) is 4. The molecule has 0 aromatic rings. The highest BCUT2D eigenvalue weighted by atomic mass is 16.7. The number of rotatable bonds is 55. The van der Waals surface area contributed by atoms with Gasteiger partial charge in [-0.3, -0.25) is 4.79 Å². The van der Waals surface area contributed by atoms with Crippen molar-refractivity contribution >= 4 is 5.91 Å². The fourth-order valence-corrected chi connectivity index (χ4v) is 10.9. The molecule has 85 heavy (non-hydrogen) atoms. The number of hydrogen-bond donors (Lipinski definition) is 9. The van der Waals surface area contributed by atoms with Crippen molar-refractivity contribution in [1.29, 1.82) is 0 Å². The van der Waals surface area contributed by atoms with E-state index in [0.29, 0.717) is 6.42 Å². The molecule has 14 heteroatoms. The third-order valence-corrected chi connectivity index (χ3v) is 16.3. The van der Waals surface area contributed by atoms with Crippen LogP contribution in [0.2, 0.25) is 0 Å². The van der Waals surface area contributed by atoms with Crippen LogP contribution in [0, 0.1) is 0 Å². The lowest BCUT2D eigenvalue weighted by Gasteiger charge is -2.46. The molecule has 2 rings (SSSR count). The number of carbonyl (C=O) groups is 1. The molecule has 1 amide bonds. The minimum Gasteiger partial charge on any atom is -0.394 e. The number of carbonyl (C=O) groups excluding carboxylic acids is 1. The van der Waals surface area contributed by atoms with Crippen LogP contribution < -0.4 is 5.32 Å². The van der Waals surface area contributed by atoms with E-state index in [-0.39, 0.29) is 18.9 Å². The van der Waals surface area contributed by atoms with Gasteiger partial charge < -0.3 is 65.1 Å². The Balaban J connectivity index is 1.66. The number of aliphatic hydroxyl groups is 8. The Kier molecular flexibility index (Phi) is 50.9. The van der Waals surface area contributed by atoms with E-state index < -0.39 is 86.8 Å². The Labute approximate surface area is 516 Å². The SMILES string of the molecule is CC/C=C\C/C=C\C/C=C\C/C=C\C/C=C\C/C=C\CCCCCCCCCCCCCCCCC(=O)NC(COC1OC(CO)C(OC2OC(CO)C(O)C(O)C2O)C(O)C1O)C(O)/C=C/CCCCCCCCCCCCCCCCCC. The lowest BCUT2D eigenvalue weighted by atomic mass is 9.97. The maximum Gasteiger partial charge on any atom is 0.220 e. The summed E-state index contributed by atoms with van der Waals surface area (Å²) in [5.41, 5.74) is 0. The number of nitrogens with one attached hydrogen (secondary N) is 1. The van der Waals surface area contributed by atoms with Gasteiger partial charge in [-0.2, -0.15) is 0 Å². The quantitative estimate of drug-likeness (QED) is 0.0204. The molecule has 0 spiro atoms. The van der Waals surface area contributed by atoms with Crippen molar-refractivity contribution in [2.45, 2.75) is 338 Å². The minimum atomic E-state index is -1.79. The van der Waals surface area contributed by atoms with E-state index in [0.717, 1.165) is 77.0 Å². The summed E-state index contributed by atoms with van der Waals surface area (Å²) in [5, 5.41) is 87.4. The molecule has 12 atom stereocenters. The van der Waals surface area contributed by atoms with Crippen LogP contribution in [0.5, 0.6) is 0 Å². The van der Waals surface area contributed by atoms with Crippen LogP contribution in [0.3, 0.4) is 0 Å². The van der Waals surface area contributed by atoms with Gasteiger partial charge >= 0.3 is 0 Å². The van der Waals surface area contributed by atoms with E-state index in [2.05, 4.69) is 92.1 Å². The van der Waals surface area contributed by atoms with Crippen LogP contribution in [0.15, 0.2) is 85.1 Å². The summed E-state index contributed by atoms with van der Waals surface area (Å²) in [6, 6.07) is -0.919. The van der Waals surface area contributed by atoms with Crippen LogP contribution in [-0.4, -0.2) is 140 Å². The van der Waals surface area contributed by atoms with E-state index >= 15 is 0 Å². The number of unbranched alkanes of at least 4 members (excludes halogenated alkanes) is 30. The van der Waals surface area contributed by atoms with Gasteiger partial charge in [0.15, 0.2) is 12.6 Å². The van der Waals surface area contributed by atoms with Crippen molar-refractivity contribution in [3.8, 4) is 0 Å². The molecule has 9 N–H and O–H groups in total. The first-order valence-corrected chi connectivity index (χ1v) is 34.3. The predicted octanol–water partition coefficient (Wildman–Crippen LogP) is 13.6. The third-order valence-electron chi connectivity index (χ3n) is 16.3. The van der Waals surface area contributed by atoms with Gasteiger partial charge in [0, 0.05) is 6.42 Å². The van der Waals surface area contributed by atoms with Gasteiger partial charge in [0.2, 0.25) is 5.91 Å². The molecule has 2 aliphatic heterocycles. The van der Waals surface area contributed by atoms with E-state index in [1.54, 1.807) is 6.08 Å². The highest BCUT2D eigenvalue weighted by molar-refractivity contribution is 5.76. The molecule has 0 aromatic heterocycles. The zero-order chi connectivity index (χ0) is 61.6. The summed E-state index contributed by atoms with van der Waals surface area (Å²) in [7, 11) is 0. The first kappa shape index (κ1) is 78.3. The molecule has 2 saturated heterocycles. The largest absolute Gasteiger partial charge is 0.394 e. The number of amides is 1. The summed E-state index contributed by atoms with van der Waals surface area (Å²) in [6.45, 7) is 2.70. The molecule has 2 aliphatic rings. The number of hydrogen-bond acceptors (Lipinski definition) is 13. The first-order chi connectivity index (χ1) is 41.6. The molecule has 0 aromatic carbocycles. The fourth-order valence-electron chi connectivity index (χ4n) is 10.9. The molecule has 0 radical (unpaired) electrons. The molecule has 0 bridgehead atoms. The summed E-state index contributed by atoms with van der Waals surface area (Å²) in [6.07, 6.45) is 59.1. The normalized spacial score (nSPS) is 24.1. The summed E-state index contributed by atoms with van der Waals surface area (Å²) in [5.74, 6) is -0.241. The van der Waals surface area contributed by atoms with Gasteiger partial charge in [0.25, 0.3) is 0 Å². The van der Waals surface area contributed by atoms with Crippen molar-refractivity contribution in [3.63, 3.8) is 0 Å². The lowest BCUT2D eigenvalue weighted by molar-refractivity contribution is -0.359. The zero-order valence-corrected chi connectivity index (χ0v) is 53.3. The zero-order valence-electron chi connectivity index (χ0n) is 53.3. The Morgan fingerprint density at radius 1 is 0.435 bits per heavy atom. The average Bonchev–Trinajstić information content (AvgIpc) is 3.29. The Hall–Kier alpha value is -2.83. The van der Waals surface area contributed by atoms with E-state index in [1.165, 1.54) is 161 Å². The molecule has 0 aliphatic carbocycles. The van der Waals surface area contributed by atoms with Gasteiger partial charge in [0.1, 0.15) is 48.8 Å². The summed E-state index contributed by atoms with van der Waals surface area (Å²) in [4.78, 5) is 13.3. The smallest absolute Gasteiger partial charge is 0.220 e. The van der Waals surface area contributed by atoms with E-state index in [9.17, 15) is 45.6 Å². The summed E-state index contributed by atoms with van der Waals surface area (Å²) < 4.78 is 22.8. The van der Waals surface area contributed by atoms with Gasteiger partial charge in [-0.1, -0.05) is 272 Å². The molecule has 0 saturated carbocycles. The van der Waals surface area contributed by atoms with Crippen LogP contribution in [0.4, 0.5) is 0 Å². The van der Waals surface area contributed by atoms with Gasteiger partial charge in [-0.15, -0.1) is 0 Å². The lowest BCUT2D eigenvalue weighted by Crippen LogP contribution is -2.65. The topological polar surface area (TPSA) is 228 Å². The highest BCUT2D eigenvalue weighted by Crippen LogP contribution is 2.30. The Bertz CT molecular complexity index is 1750. The monoisotopic (exact) mass is 1200 g/mol. The second-order valence-electron chi connectivity index (χ2n) is 23.9. The van der Waals surface area contributed by atoms with Crippen LogP contribution >= 0.6 is 0 Å². The Morgan fingerprint density at radius 3 is 1.25 bits per heavy atom. The standard InChI is InChI=1S/C71H125NO13/c1-3-5-7-9-11-13-15-17-19-21-23-24-25-26-27-28-29-30-31-32-33-34-35-36-37-39-41-43-45-47-49-51-53-55-63(76)72-59(60(75)54-52-50-48-46-44-42-40-38-22-20-18-16-14-12-10-8-6-4-2)58-82-70-68(81)66(79)69(62(57-74)84-70)85-71-67(80)65(78)64(77)61(56-73)83-71/h5,7,11,13,17,19,23-24,26-27,29-30,52,54,59-62,64-71,73-75,77-81H,3-4,6,8-10,12,14-16,18,20-22,25,28,31-51,53,55-58H2,1-2H3,(H,72,76)/b7-5-,13-11-,19-17-,24-23-,27-26-,30-29-,54-52+. The number of allylic oxidation sites excluding steroid dienone is 13. The molecular formula is C71H125NO13. The van der Waals surface area contributed by atoms with Crippen molar-refractivity contribution in [2.24, 2.45) is 0 Å². The van der Waals surface area contributed by atoms with E-state index in [1.807, 2.05) is 6.08 Å². The average molecular weight is 1200 g/mol. The molecule has 14 nitrogen and oxygen atoms in total. The third kappa shape index (κ3) is 39.7. The summed E-state index contributed by atoms with van der Waals surface area (Å²) >= 11 is 0. The molecular weight excluding hydrogens is 1070 g/mol. The van der Waals surface area contributed by atoms with Gasteiger partial charge in [0.05, 0.1) is 32.0 Å². The van der Waals surface area contributed by atoms with Crippen molar-refractivity contribution in [2.75, 3.05) is 19.8 Å². The highest BCUT2D eigenvalue weighted by Gasteiger charge is 2.51. The predicted molar refractivity (Wildman–Crippen MR) is 346 cm³/mol. The van der Waals surface area contributed by atoms with Crippen LogP contribution in [-0.2, 0) is 23.7 Å². The van der Waals surface area contributed by atoms with Gasteiger partial charge in [-0.25, -0.2) is 0 Å². The van der Waals surface area contributed by atoms with E-state index in [4.69, 9.17) is 18.9 Å². The van der Waals surface area contributed by atoms with Crippen molar-refractivity contribution < 1.29 is 64.6 Å². The van der Waals surface area contributed by atoms with Crippen molar-refractivity contribution in [3.05, 3.63) is 85.1 Å². The second-order valence-corrected chi connectivity index (χ2v) is 23.9. The van der Waals surface area contributed by atoms with Crippen LogP contribution in [0.1, 0.15) is 264 Å². The minimum absolute atomic E-state index is 0.241. The Morgan fingerprint density at radius 2 is 0.812 bits per heavy atom. The van der Waals surface area contributed by atoms with Gasteiger partial charge in [-0.05, 0) is 70.6 Å². The molecule has 2 heterocycles. The first-order valence-electron chi connectivity index (χ1n) is 34.3. The second kappa shape index (κ2) is 55.3. The van der Waals surface area contributed by atoms with Crippen LogP contribution in [0.25, 0.3) is 0 Å².